The zero-order valence-electron chi connectivity index (χ0n) is 10.2. The summed E-state index contributed by atoms with van der Waals surface area (Å²) in [5.74, 6) is 1.19. The summed E-state index contributed by atoms with van der Waals surface area (Å²) in [4.78, 5) is 2.35. The number of rotatable bonds is 4. The first-order chi connectivity index (χ1) is 8.65. The molecule has 0 spiro atoms. The predicted octanol–water partition coefficient (Wildman–Crippen LogP) is 2.40. The molecule has 1 heterocycles. The molecule has 2 N–H and O–H groups in total. The molecule has 1 saturated heterocycles. The number of hydrogen-bond acceptors (Lipinski definition) is 3. The molecule has 1 aliphatic heterocycles. The Balaban J connectivity index is 1.88. The highest BCUT2D eigenvalue weighted by atomic mass is 32.2. The molecular weight excluding hydrogens is 254 g/mol. The summed E-state index contributed by atoms with van der Waals surface area (Å²) >= 11 is 1.96. The molecule has 0 amide bonds. The van der Waals surface area contributed by atoms with Crippen LogP contribution in [-0.2, 0) is 0 Å². The van der Waals surface area contributed by atoms with Crippen molar-refractivity contribution in [3.05, 3.63) is 35.4 Å². The third kappa shape index (κ3) is 3.93. The largest absolute Gasteiger partial charge is 0.324 e. The molecule has 0 saturated carbocycles. The molecule has 0 radical (unpaired) electrons. The van der Waals surface area contributed by atoms with Crippen molar-refractivity contribution in [1.29, 1.82) is 0 Å². The van der Waals surface area contributed by atoms with Crippen LogP contribution in [0.1, 0.15) is 18.0 Å². The molecule has 2 rings (SSSR count). The highest BCUT2D eigenvalue weighted by Gasteiger charge is 2.14. The van der Waals surface area contributed by atoms with E-state index in [4.69, 9.17) is 5.73 Å². The van der Waals surface area contributed by atoms with E-state index in [9.17, 15) is 8.78 Å². The van der Waals surface area contributed by atoms with Crippen molar-refractivity contribution in [2.75, 3.05) is 31.1 Å². The maximum atomic E-state index is 13.1. The Morgan fingerprint density at radius 2 is 1.78 bits per heavy atom. The van der Waals surface area contributed by atoms with Crippen molar-refractivity contribution in [3.8, 4) is 0 Å². The Morgan fingerprint density at radius 3 is 2.39 bits per heavy atom. The molecule has 1 atom stereocenters. The van der Waals surface area contributed by atoms with Crippen molar-refractivity contribution in [2.24, 2.45) is 5.73 Å². The topological polar surface area (TPSA) is 29.3 Å². The molecule has 18 heavy (non-hydrogen) atoms. The fourth-order valence-corrected chi connectivity index (χ4v) is 3.08. The molecule has 0 bridgehead atoms. The van der Waals surface area contributed by atoms with E-state index in [0.29, 0.717) is 5.56 Å². The Morgan fingerprint density at radius 1 is 1.17 bits per heavy atom. The van der Waals surface area contributed by atoms with Crippen LogP contribution < -0.4 is 5.73 Å². The van der Waals surface area contributed by atoms with Gasteiger partial charge in [-0.25, -0.2) is 8.78 Å². The van der Waals surface area contributed by atoms with Crippen LogP contribution in [0.4, 0.5) is 8.78 Å². The van der Waals surface area contributed by atoms with Gasteiger partial charge in [-0.2, -0.15) is 11.8 Å². The molecule has 1 aromatic rings. The van der Waals surface area contributed by atoms with E-state index in [0.717, 1.165) is 43.6 Å². The van der Waals surface area contributed by atoms with E-state index in [1.165, 1.54) is 12.1 Å². The Kier molecular flexibility index (Phi) is 4.97. The Bertz CT molecular complexity index is 374. The van der Waals surface area contributed by atoms with Crippen LogP contribution in [0.25, 0.3) is 0 Å². The number of nitrogens with zero attached hydrogens (tertiary/aromatic N) is 1. The first-order valence-corrected chi connectivity index (χ1v) is 7.32. The van der Waals surface area contributed by atoms with E-state index >= 15 is 0 Å². The van der Waals surface area contributed by atoms with Gasteiger partial charge >= 0.3 is 0 Å². The number of halogens is 2. The third-order valence-corrected chi connectivity index (χ3v) is 4.12. The van der Waals surface area contributed by atoms with Gasteiger partial charge in [0.15, 0.2) is 0 Å². The van der Waals surface area contributed by atoms with E-state index in [2.05, 4.69) is 4.90 Å². The SMILES string of the molecule is NC(CCN1CCSCC1)c1cc(F)cc(F)c1. The lowest BCUT2D eigenvalue weighted by Crippen LogP contribution is -2.34. The average molecular weight is 272 g/mol. The van der Waals surface area contributed by atoms with Crippen LogP contribution in [0.15, 0.2) is 18.2 Å². The van der Waals surface area contributed by atoms with Crippen LogP contribution in [-0.4, -0.2) is 36.0 Å². The standard InChI is InChI=1S/C13H18F2N2S/c14-11-7-10(8-12(15)9-11)13(16)1-2-17-3-5-18-6-4-17/h7-9,13H,1-6,16H2. The van der Waals surface area contributed by atoms with E-state index in [1.807, 2.05) is 11.8 Å². The summed E-state index contributed by atoms with van der Waals surface area (Å²) in [7, 11) is 0. The predicted molar refractivity (Wildman–Crippen MR) is 71.7 cm³/mol. The van der Waals surface area contributed by atoms with Crippen LogP contribution in [0.2, 0.25) is 0 Å². The fraction of sp³-hybridized carbons (Fsp3) is 0.538. The summed E-state index contributed by atoms with van der Waals surface area (Å²) in [6, 6.07) is 3.21. The van der Waals surface area contributed by atoms with Crippen molar-refractivity contribution >= 4 is 11.8 Å². The summed E-state index contributed by atoms with van der Waals surface area (Å²) in [5, 5.41) is 0. The highest BCUT2D eigenvalue weighted by molar-refractivity contribution is 7.99. The first-order valence-electron chi connectivity index (χ1n) is 6.17. The Labute approximate surface area is 111 Å². The number of hydrogen-bond donors (Lipinski definition) is 1. The molecule has 1 aliphatic rings. The smallest absolute Gasteiger partial charge is 0.126 e. The summed E-state index contributed by atoms with van der Waals surface area (Å²) < 4.78 is 26.1. The van der Waals surface area contributed by atoms with Gasteiger partial charge in [0, 0.05) is 43.2 Å². The lowest BCUT2D eigenvalue weighted by Gasteiger charge is -2.27. The zero-order chi connectivity index (χ0) is 13.0. The number of thioether (sulfide) groups is 1. The lowest BCUT2D eigenvalue weighted by molar-refractivity contribution is 0.289. The van der Waals surface area contributed by atoms with Gasteiger partial charge in [0.1, 0.15) is 11.6 Å². The minimum Gasteiger partial charge on any atom is -0.324 e. The van der Waals surface area contributed by atoms with Gasteiger partial charge in [-0.15, -0.1) is 0 Å². The summed E-state index contributed by atoms with van der Waals surface area (Å²) in [5.41, 5.74) is 6.53. The quantitative estimate of drug-likeness (QED) is 0.912. The van der Waals surface area contributed by atoms with Gasteiger partial charge in [-0.1, -0.05) is 0 Å². The molecule has 0 aromatic heterocycles. The van der Waals surface area contributed by atoms with Gasteiger partial charge in [-0.05, 0) is 24.1 Å². The second kappa shape index (κ2) is 6.50. The van der Waals surface area contributed by atoms with Gasteiger partial charge in [0.05, 0.1) is 0 Å². The molecule has 100 valence electrons. The summed E-state index contributed by atoms with van der Waals surface area (Å²) in [6.07, 6.45) is 0.730. The first kappa shape index (κ1) is 13.8. The number of nitrogens with two attached hydrogens (primary N) is 1. The van der Waals surface area contributed by atoms with Crippen molar-refractivity contribution in [3.63, 3.8) is 0 Å². The second-order valence-corrected chi connectivity index (χ2v) is 5.78. The molecule has 1 aromatic carbocycles. The molecular formula is C13H18F2N2S. The average Bonchev–Trinajstić information content (AvgIpc) is 2.36. The fourth-order valence-electron chi connectivity index (χ4n) is 2.10. The molecule has 0 aliphatic carbocycles. The van der Waals surface area contributed by atoms with Gasteiger partial charge in [0.25, 0.3) is 0 Å². The van der Waals surface area contributed by atoms with Crippen LogP contribution in [0.3, 0.4) is 0 Å². The second-order valence-electron chi connectivity index (χ2n) is 4.55. The molecule has 2 nitrogen and oxygen atoms in total. The molecule has 1 unspecified atom stereocenters. The van der Waals surface area contributed by atoms with E-state index < -0.39 is 11.6 Å². The highest BCUT2D eigenvalue weighted by Crippen LogP contribution is 2.18. The van der Waals surface area contributed by atoms with Crippen molar-refractivity contribution in [1.82, 2.24) is 4.90 Å². The van der Waals surface area contributed by atoms with Crippen LogP contribution in [0.5, 0.6) is 0 Å². The zero-order valence-corrected chi connectivity index (χ0v) is 11.1. The van der Waals surface area contributed by atoms with Crippen LogP contribution in [0, 0.1) is 11.6 Å². The van der Waals surface area contributed by atoms with Crippen LogP contribution >= 0.6 is 11.8 Å². The lowest BCUT2D eigenvalue weighted by atomic mass is 10.0. The summed E-state index contributed by atoms with van der Waals surface area (Å²) in [6.45, 7) is 3.05. The molecule has 1 fully saturated rings. The van der Waals surface area contributed by atoms with Gasteiger partial charge in [0.2, 0.25) is 0 Å². The molecule has 5 heteroatoms. The van der Waals surface area contributed by atoms with E-state index in [-0.39, 0.29) is 6.04 Å². The maximum absolute atomic E-state index is 13.1. The van der Waals surface area contributed by atoms with E-state index in [1.54, 1.807) is 0 Å². The van der Waals surface area contributed by atoms with Crippen molar-refractivity contribution < 1.29 is 8.78 Å². The maximum Gasteiger partial charge on any atom is 0.126 e. The minimum atomic E-state index is -0.560. The number of benzene rings is 1. The van der Waals surface area contributed by atoms with Gasteiger partial charge in [-0.3, -0.25) is 0 Å². The third-order valence-electron chi connectivity index (χ3n) is 3.17. The van der Waals surface area contributed by atoms with Gasteiger partial charge < -0.3 is 10.6 Å². The Hall–Kier alpha value is -0.650. The normalized spacial score (nSPS) is 18.8. The minimum absolute atomic E-state index is 0.301. The monoisotopic (exact) mass is 272 g/mol. The van der Waals surface area contributed by atoms with Crippen molar-refractivity contribution in [2.45, 2.75) is 12.5 Å².